The first-order valence-electron chi connectivity index (χ1n) is 5.55. The number of anilines is 2. The number of nitrogens with one attached hydrogen (secondary N) is 1. The number of aromatic nitrogens is 4. The highest BCUT2D eigenvalue weighted by Crippen LogP contribution is 2.07. The van der Waals surface area contributed by atoms with Crippen LogP contribution in [-0.4, -0.2) is 26.1 Å². The fourth-order valence-electron chi connectivity index (χ4n) is 1.58. The van der Waals surface area contributed by atoms with Gasteiger partial charge in [0.25, 0.3) is 0 Å². The van der Waals surface area contributed by atoms with E-state index in [9.17, 15) is 0 Å². The van der Waals surface area contributed by atoms with Gasteiger partial charge in [-0.05, 0) is 13.3 Å². The average Bonchev–Trinajstić information content (AvgIpc) is 2.76. The first kappa shape index (κ1) is 11.4. The van der Waals surface area contributed by atoms with E-state index < -0.39 is 0 Å². The maximum Gasteiger partial charge on any atom is 0.131 e. The Bertz CT molecular complexity index is 445. The number of aryl methyl sites for hydroxylation is 2. The molecule has 0 aliphatic rings. The van der Waals surface area contributed by atoms with Crippen molar-refractivity contribution < 1.29 is 0 Å². The van der Waals surface area contributed by atoms with Gasteiger partial charge in [-0.25, -0.2) is 15.0 Å². The molecule has 17 heavy (non-hydrogen) atoms. The summed E-state index contributed by atoms with van der Waals surface area (Å²) in [6, 6.07) is 1.74. The molecule has 0 spiro atoms. The minimum absolute atomic E-state index is 0.495. The molecule has 0 amide bonds. The molecule has 2 rings (SSSR count). The molecule has 0 aliphatic heterocycles. The predicted molar refractivity (Wildman–Crippen MR) is 66.5 cm³/mol. The van der Waals surface area contributed by atoms with Gasteiger partial charge in [-0.3, -0.25) is 0 Å². The number of rotatable bonds is 5. The summed E-state index contributed by atoms with van der Waals surface area (Å²) in [5.41, 5.74) is 5.64. The SMILES string of the molecule is Cc1nc(N)cc(NCCCn2ccnc2)n1. The van der Waals surface area contributed by atoms with Gasteiger partial charge in [-0.15, -0.1) is 0 Å². The van der Waals surface area contributed by atoms with E-state index in [0.717, 1.165) is 25.3 Å². The fourth-order valence-corrected chi connectivity index (χ4v) is 1.58. The van der Waals surface area contributed by atoms with Crippen LogP contribution in [0.2, 0.25) is 0 Å². The van der Waals surface area contributed by atoms with Gasteiger partial charge in [-0.2, -0.15) is 0 Å². The molecule has 0 saturated carbocycles. The van der Waals surface area contributed by atoms with E-state index in [1.807, 2.05) is 24.0 Å². The summed E-state index contributed by atoms with van der Waals surface area (Å²) < 4.78 is 2.04. The predicted octanol–water partition coefficient (Wildman–Crippen LogP) is 1.07. The lowest BCUT2D eigenvalue weighted by Crippen LogP contribution is -2.08. The molecule has 0 aromatic carbocycles. The summed E-state index contributed by atoms with van der Waals surface area (Å²) in [7, 11) is 0. The van der Waals surface area contributed by atoms with E-state index in [-0.39, 0.29) is 0 Å². The molecule has 90 valence electrons. The first-order valence-corrected chi connectivity index (χ1v) is 5.55. The minimum atomic E-state index is 0.495. The van der Waals surface area contributed by atoms with Crippen molar-refractivity contribution in [2.24, 2.45) is 0 Å². The lowest BCUT2D eigenvalue weighted by molar-refractivity contribution is 0.660. The van der Waals surface area contributed by atoms with Gasteiger partial charge in [-0.1, -0.05) is 0 Å². The molecule has 3 N–H and O–H groups in total. The van der Waals surface area contributed by atoms with E-state index in [1.165, 1.54) is 0 Å². The molecule has 0 radical (unpaired) electrons. The van der Waals surface area contributed by atoms with Crippen LogP contribution in [0, 0.1) is 6.92 Å². The Labute approximate surface area is 99.9 Å². The number of nitrogen functional groups attached to an aromatic ring is 1. The number of nitrogens with zero attached hydrogens (tertiary/aromatic N) is 4. The molecule has 0 atom stereocenters. The quantitative estimate of drug-likeness (QED) is 0.753. The second kappa shape index (κ2) is 5.29. The van der Waals surface area contributed by atoms with Crippen LogP contribution in [0.3, 0.4) is 0 Å². The third kappa shape index (κ3) is 3.44. The molecule has 0 saturated heterocycles. The van der Waals surface area contributed by atoms with Crippen LogP contribution in [0.15, 0.2) is 24.8 Å². The lowest BCUT2D eigenvalue weighted by atomic mass is 10.4. The molecule has 0 fully saturated rings. The summed E-state index contributed by atoms with van der Waals surface area (Å²) >= 11 is 0. The zero-order valence-corrected chi connectivity index (χ0v) is 9.80. The smallest absolute Gasteiger partial charge is 0.131 e. The van der Waals surface area contributed by atoms with Gasteiger partial charge in [0, 0.05) is 31.5 Å². The zero-order chi connectivity index (χ0) is 12.1. The van der Waals surface area contributed by atoms with Gasteiger partial charge in [0.15, 0.2) is 0 Å². The van der Waals surface area contributed by atoms with E-state index in [1.54, 1.807) is 12.3 Å². The number of hydrogen-bond donors (Lipinski definition) is 2. The highest BCUT2D eigenvalue weighted by Gasteiger charge is 1.98. The molecular weight excluding hydrogens is 216 g/mol. The number of imidazole rings is 1. The normalized spacial score (nSPS) is 10.4. The summed E-state index contributed by atoms with van der Waals surface area (Å²) in [6.07, 6.45) is 6.54. The second-order valence-corrected chi connectivity index (χ2v) is 3.81. The zero-order valence-electron chi connectivity index (χ0n) is 9.80. The van der Waals surface area contributed by atoms with Gasteiger partial charge >= 0.3 is 0 Å². The van der Waals surface area contributed by atoms with Crippen molar-refractivity contribution in [2.75, 3.05) is 17.6 Å². The van der Waals surface area contributed by atoms with E-state index >= 15 is 0 Å². The van der Waals surface area contributed by atoms with E-state index in [4.69, 9.17) is 5.73 Å². The van der Waals surface area contributed by atoms with E-state index in [2.05, 4.69) is 20.3 Å². The monoisotopic (exact) mass is 232 g/mol. The minimum Gasteiger partial charge on any atom is -0.384 e. The van der Waals surface area contributed by atoms with Crippen LogP contribution in [-0.2, 0) is 6.54 Å². The Balaban J connectivity index is 1.78. The number of nitrogens with two attached hydrogens (primary N) is 1. The summed E-state index contributed by atoms with van der Waals surface area (Å²) in [5.74, 6) is 1.96. The van der Waals surface area contributed by atoms with Crippen molar-refractivity contribution in [2.45, 2.75) is 19.9 Å². The van der Waals surface area contributed by atoms with Crippen LogP contribution in [0.4, 0.5) is 11.6 Å². The largest absolute Gasteiger partial charge is 0.384 e. The van der Waals surface area contributed by atoms with Crippen LogP contribution < -0.4 is 11.1 Å². The van der Waals surface area contributed by atoms with Crippen molar-refractivity contribution in [3.63, 3.8) is 0 Å². The van der Waals surface area contributed by atoms with Crippen molar-refractivity contribution in [3.05, 3.63) is 30.6 Å². The van der Waals surface area contributed by atoms with Gasteiger partial charge in [0.05, 0.1) is 6.33 Å². The summed E-state index contributed by atoms with van der Waals surface area (Å²) in [5, 5.41) is 3.22. The summed E-state index contributed by atoms with van der Waals surface area (Å²) in [4.78, 5) is 12.3. The van der Waals surface area contributed by atoms with E-state index in [0.29, 0.717) is 11.6 Å². The van der Waals surface area contributed by atoms with Crippen molar-refractivity contribution in [1.29, 1.82) is 0 Å². The Morgan fingerprint density at radius 3 is 3.00 bits per heavy atom. The highest BCUT2D eigenvalue weighted by atomic mass is 15.1. The molecule has 6 nitrogen and oxygen atoms in total. The fraction of sp³-hybridized carbons (Fsp3) is 0.364. The second-order valence-electron chi connectivity index (χ2n) is 3.81. The van der Waals surface area contributed by atoms with Crippen LogP contribution >= 0.6 is 0 Å². The van der Waals surface area contributed by atoms with Crippen molar-refractivity contribution >= 4 is 11.6 Å². The molecule has 0 unspecified atom stereocenters. The van der Waals surface area contributed by atoms with Crippen LogP contribution in [0.1, 0.15) is 12.2 Å². The lowest BCUT2D eigenvalue weighted by Gasteiger charge is -2.07. The Kier molecular flexibility index (Phi) is 3.54. The highest BCUT2D eigenvalue weighted by molar-refractivity contribution is 5.44. The Morgan fingerprint density at radius 2 is 2.29 bits per heavy atom. The first-order chi connectivity index (χ1) is 8.24. The third-order valence-electron chi connectivity index (χ3n) is 2.32. The van der Waals surface area contributed by atoms with Gasteiger partial charge in [0.2, 0.25) is 0 Å². The molecule has 6 heteroatoms. The maximum absolute atomic E-state index is 5.64. The van der Waals surface area contributed by atoms with Crippen molar-refractivity contribution in [3.8, 4) is 0 Å². The molecule has 2 aromatic rings. The Morgan fingerprint density at radius 1 is 1.41 bits per heavy atom. The Hall–Kier alpha value is -2.11. The van der Waals surface area contributed by atoms with Gasteiger partial charge in [0.1, 0.15) is 17.5 Å². The molecule has 0 aliphatic carbocycles. The molecule has 2 aromatic heterocycles. The molecular formula is C11H16N6. The average molecular weight is 232 g/mol. The van der Waals surface area contributed by atoms with Crippen LogP contribution in [0.25, 0.3) is 0 Å². The third-order valence-corrected chi connectivity index (χ3v) is 2.32. The van der Waals surface area contributed by atoms with Crippen LogP contribution in [0.5, 0.6) is 0 Å². The maximum atomic E-state index is 5.64. The number of hydrogen-bond acceptors (Lipinski definition) is 5. The van der Waals surface area contributed by atoms with Gasteiger partial charge < -0.3 is 15.6 Å². The van der Waals surface area contributed by atoms with Crippen molar-refractivity contribution in [1.82, 2.24) is 19.5 Å². The standard InChI is InChI=1S/C11H16N6/c1-9-15-10(12)7-11(16-9)14-3-2-5-17-6-4-13-8-17/h4,6-8H,2-3,5H2,1H3,(H3,12,14,15,16). The topological polar surface area (TPSA) is 81.6 Å². The summed E-state index contributed by atoms with van der Waals surface area (Å²) in [6.45, 7) is 3.60. The molecule has 2 heterocycles. The molecule has 0 bridgehead atoms.